The summed E-state index contributed by atoms with van der Waals surface area (Å²) in [5.41, 5.74) is 1.48. The lowest BCUT2D eigenvalue weighted by Gasteiger charge is -2.45. The second-order valence-electron chi connectivity index (χ2n) is 7.42. The van der Waals surface area contributed by atoms with Crippen LogP contribution in [0.4, 0.5) is 11.5 Å². The monoisotopic (exact) mass is 277 g/mol. The Hall–Kier alpha value is -1.65. The molecule has 1 heterocycles. The van der Waals surface area contributed by atoms with Crippen molar-refractivity contribution in [3.63, 3.8) is 0 Å². The third-order valence-electron chi connectivity index (χ3n) is 3.86. The van der Waals surface area contributed by atoms with Crippen molar-refractivity contribution in [2.75, 3.05) is 5.32 Å². The molecule has 0 aromatic carbocycles. The molecule has 1 aromatic rings. The highest BCUT2D eigenvalue weighted by Crippen LogP contribution is 2.46. The van der Waals surface area contributed by atoms with Crippen molar-refractivity contribution in [2.45, 2.75) is 53.0 Å². The molecule has 0 spiro atoms. The Balaban J connectivity index is 2.07. The van der Waals surface area contributed by atoms with E-state index >= 15 is 0 Å². The second-order valence-corrected chi connectivity index (χ2v) is 7.42. The first-order chi connectivity index (χ1) is 9.17. The quantitative estimate of drug-likeness (QED) is 0.669. The highest BCUT2D eigenvalue weighted by molar-refractivity contribution is 5.44. The van der Waals surface area contributed by atoms with E-state index in [0.717, 1.165) is 18.5 Å². The molecule has 0 atom stereocenters. The van der Waals surface area contributed by atoms with Crippen molar-refractivity contribution < 1.29 is 4.92 Å². The molecule has 0 saturated heterocycles. The van der Waals surface area contributed by atoms with Crippen LogP contribution in [0.1, 0.15) is 47.0 Å². The molecule has 2 rings (SSSR count). The molecule has 0 radical (unpaired) electrons. The first-order valence-corrected chi connectivity index (χ1v) is 7.04. The Morgan fingerprint density at radius 2 is 1.85 bits per heavy atom. The van der Waals surface area contributed by atoms with E-state index in [1.807, 2.05) is 0 Å². The Morgan fingerprint density at radius 3 is 2.30 bits per heavy atom. The van der Waals surface area contributed by atoms with Crippen LogP contribution in [-0.2, 0) is 0 Å². The number of hydrogen-bond donors (Lipinski definition) is 1. The lowest BCUT2D eigenvalue weighted by atomic mass is 9.63. The zero-order chi connectivity index (χ0) is 15.0. The summed E-state index contributed by atoms with van der Waals surface area (Å²) in [6, 6.07) is 3.57. The number of nitro groups is 1. The Bertz CT molecular complexity index is 478. The molecule has 1 aliphatic rings. The van der Waals surface area contributed by atoms with Gasteiger partial charge in [-0.3, -0.25) is 0 Å². The number of pyridine rings is 1. The third kappa shape index (κ3) is 3.68. The first kappa shape index (κ1) is 14.8. The smallest absolute Gasteiger partial charge is 0.363 e. The van der Waals surface area contributed by atoms with E-state index in [0.29, 0.717) is 16.9 Å². The fraction of sp³-hybridized carbons (Fsp3) is 0.667. The molecule has 1 aromatic heterocycles. The summed E-state index contributed by atoms with van der Waals surface area (Å²) in [4.78, 5) is 14.0. The molecular weight excluding hydrogens is 254 g/mol. The van der Waals surface area contributed by atoms with Gasteiger partial charge in [-0.2, -0.15) is 0 Å². The van der Waals surface area contributed by atoms with Gasteiger partial charge in [-0.05, 0) is 46.1 Å². The highest BCUT2D eigenvalue weighted by atomic mass is 16.6. The molecule has 5 nitrogen and oxygen atoms in total. The van der Waals surface area contributed by atoms with Gasteiger partial charge in [0, 0.05) is 12.1 Å². The maximum Gasteiger partial charge on any atom is 0.363 e. The molecule has 1 N–H and O–H groups in total. The predicted octanol–water partition coefficient (Wildman–Crippen LogP) is 4.01. The molecule has 1 saturated carbocycles. The van der Waals surface area contributed by atoms with Crippen LogP contribution in [0.5, 0.6) is 0 Å². The zero-order valence-corrected chi connectivity index (χ0v) is 12.6. The minimum Gasteiger partial charge on any atom is -0.379 e. The van der Waals surface area contributed by atoms with Crippen LogP contribution in [0.15, 0.2) is 18.3 Å². The van der Waals surface area contributed by atoms with E-state index in [9.17, 15) is 10.1 Å². The molecule has 1 aliphatic carbocycles. The summed E-state index contributed by atoms with van der Waals surface area (Å²) in [7, 11) is 0. The van der Waals surface area contributed by atoms with Crippen molar-refractivity contribution in [2.24, 2.45) is 10.8 Å². The van der Waals surface area contributed by atoms with Crippen molar-refractivity contribution in [3.8, 4) is 0 Å². The van der Waals surface area contributed by atoms with Crippen LogP contribution in [0.25, 0.3) is 0 Å². The van der Waals surface area contributed by atoms with E-state index in [1.54, 1.807) is 12.3 Å². The Kier molecular flexibility index (Phi) is 3.71. The SMILES string of the molecule is CC1(C)CC(Nc2ccc([N+](=O)[O-])nc2)CC(C)(C)C1. The maximum atomic E-state index is 10.6. The van der Waals surface area contributed by atoms with Gasteiger partial charge in [0.25, 0.3) is 0 Å². The second kappa shape index (κ2) is 5.04. The number of anilines is 1. The maximum absolute atomic E-state index is 10.6. The molecule has 110 valence electrons. The number of aromatic nitrogens is 1. The average molecular weight is 277 g/mol. The molecule has 0 amide bonds. The van der Waals surface area contributed by atoms with Crippen LogP contribution < -0.4 is 5.32 Å². The van der Waals surface area contributed by atoms with Gasteiger partial charge in [-0.15, -0.1) is 0 Å². The summed E-state index contributed by atoms with van der Waals surface area (Å²) >= 11 is 0. The molecule has 0 unspecified atom stereocenters. The van der Waals surface area contributed by atoms with Gasteiger partial charge < -0.3 is 15.4 Å². The van der Waals surface area contributed by atoms with Gasteiger partial charge in [0.1, 0.15) is 0 Å². The van der Waals surface area contributed by atoms with Crippen molar-refractivity contribution in [1.29, 1.82) is 0 Å². The molecular formula is C15H23N3O2. The largest absolute Gasteiger partial charge is 0.379 e. The standard InChI is InChI=1S/C15H23N3O2/c1-14(2)7-12(8-15(3,4)10-14)17-11-5-6-13(16-9-11)18(19)20/h5-6,9,12,17H,7-8,10H2,1-4H3. The summed E-state index contributed by atoms with van der Waals surface area (Å²) in [6.07, 6.45) is 4.98. The Morgan fingerprint density at radius 1 is 1.25 bits per heavy atom. The van der Waals surface area contributed by atoms with Crippen LogP contribution in [0.2, 0.25) is 0 Å². The van der Waals surface area contributed by atoms with Gasteiger partial charge in [-0.25, -0.2) is 0 Å². The van der Waals surface area contributed by atoms with Crippen molar-refractivity contribution in [3.05, 3.63) is 28.4 Å². The zero-order valence-electron chi connectivity index (χ0n) is 12.6. The van der Waals surface area contributed by atoms with Crippen molar-refractivity contribution in [1.82, 2.24) is 4.98 Å². The Labute approximate surface area is 119 Å². The van der Waals surface area contributed by atoms with E-state index in [-0.39, 0.29) is 5.82 Å². The molecule has 1 fully saturated rings. The topological polar surface area (TPSA) is 68.1 Å². The first-order valence-electron chi connectivity index (χ1n) is 7.04. The minimum absolute atomic E-state index is 0.111. The average Bonchev–Trinajstić information content (AvgIpc) is 2.25. The predicted molar refractivity (Wildman–Crippen MR) is 79.7 cm³/mol. The number of rotatable bonds is 3. The highest BCUT2D eigenvalue weighted by Gasteiger charge is 2.38. The van der Waals surface area contributed by atoms with E-state index in [2.05, 4.69) is 38.0 Å². The van der Waals surface area contributed by atoms with E-state index in [1.165, 1.54) is 12.5 Å². The molecule has 5 heteroatoms. The van der Waals surface area contributed by atoms with Crippen LogP contribution in [0, 0.1) is 20.9 Å². The van der Waals surface area contributed by atoms with E-state index < -0.39 is 4.92 Å². The van der Waals surface area contributed by atoms with Crippen LogP contribution in [-0.4, -0.2) is 15.9 Å². The van der Waals surface area contributed by atoms with Gasteiger partial charge in [0.15, 0.2) is 6.20 Å². The van der Waals surface area contributed by atoms with Crippen LogP contribution >= 0.6 is 0 Å². The fourth-order valence-electron chi connectivity index (χ4n) is 3.76. The van der Waals surface area contributed by atoms with Gasteiger partial charge in [-0.1, -0.05) is 27.7 Å². The summed E-state index contributed by atoms with van der Waals surface area (Å²) in [5, 5.41) is 14.1. The molecule has 20 heavy (non-hydrogen) atoms. The number of nitrogens with one attached hydrogen (secondary N) is 1. The van der Waals surface area contributed by atoms with Gasteiger partial charge >= 0.3 is 5.82 Å². The summed E-state index contributed by atoms with van der Waals surface area (Å²) < 4.78 is 0. The normalized spacial score (nSPS) is 21.4. The van der Waals surface area contributed by atoms with Gasteiger partial charge in [0.05, 0.1) is 5.69 Å². The minimum atomic E-state index is -0.476. The lowest BCUT2D eigenvalue weighted by Crippen LogP contribution is -2.40. The third-order valence-corrected chi connectivity index (χ3v) is 3.86. The fourth-order valence-corrected chi connectivity index (χ4v) is 3.76. The van der Waals surface area contributed by atoms with Crippen molar-refractivity contribution >= 4 is 11.5 Å². The summed E-state index contributed by atoms with van der Waals surface area (Å²) in [5.74, 6) is -0.111. The summed E-state index contributed by atoms with van der Waals surface area (Å²) in [6.45, 7) is 9.21. The molecule has 0 aliphatic heterocycles. The van der Waals surface area contributed by atoms with Crippen LogP contribution in [0.3, 0.4) is 0 Å². The van der Waals surface area contributed by atoms with E-state index in [4.69, 9.17) is 0 Å². The molecule has 0 bridgehead atoms. The number of nitrogens with zero attached hydrogens (tertiary/aromatic N) is 2. The van der Waals surface area contributed by atoms with Gasteiger partial charge in [0.2, 0.25) is 0 Å². The lowest BCUT2D eigenvalue weighted by molar-refractivity contribution is -0.389. The number of hydrogen-bond acceptors (Lipinski definition) is 4.